The summed E-state index contributed by atoms with van der Waals surface area (Å²) in [6.45, 7) is 4.05. The van der Waals surface area contributed by atoms with Crippen molar-refractivity contribution in [3.8, 4) is 0 Å². The van der Waals surface area contributed by atoms with Crippen molar-refractivity contribution in [3.63, 3.8) is 0 Å². The number of aliphatic imine (C=N–C) groups is 1. The predicted molar refractivity (Wildman–Crippen MR) is 134 cm³/mol. The average Bonchev–Trinajstić information content (AvgIpc) is 3.64. The van der Waals surface area contributed by atoms with Gasteiger partial charge in [0.2, 0.25) is 5.91 Å². The Labute approximate surface area is 218 Å². The Morgan fingerprint density at radius 1 is 1.24 bits per heavy atom. The number of hydrogen-bond acceptors (Lipinski definition) is 8. The lowest BCUT2D eigenvalue weighted by molar-refractivity contribution is -0.133. The Kier molecular flexibility index (Phi) is 7.70. The lowest BCUT2D eigenvalue weighted by atomic mass is 9.96. The number of amides is 1. The Hall–Kier alpha value is -3.38. The maximum absolute atomic E-state index is 15.1. The molecule has 4 atom stereocenters. The Morgan fingerprint density at radius 2 is 2.00 bits per heavy atom. The number of benzene rings is 1. The van der Waals surface area contributed by atoms with E-state index in [4.69, 9.17) is 19.3 Å². The number of carbonyl (C=O) groups excluding carboxylic acids is 1. The second-order valence-corrected chi connectivity index (χ2v) is 9.41. The minimum Gasteiger partial charge on any atom is -0.471 e. The highest BCUT2D eigenvalue weighted by molar-refractivity contribution is 5.79. The third kappa shape index (κ3) is 5.28. The molecular weight excluding hydrogens is 500 g/mol. The van der Waals surface area contributed by atoms with Gasteiger partial charge in [0.25, 0.3) is 0 Å². The number of halogens is 2. The maximum Gasteiger partial charge on any atom is 0.248 e. The lowest BCUT2D eigenvalue weighted by Gasteiger charge is -2.26. The number of aliphatic hydroxyl groups is 2. The smallest absolute Gasteiger partial charge is 0.248 e. The minimum atomic E-state index is -0.775. The summed E-state index contributed by atoms with van der Waals surface area (Å²) in [5.74, 6) is -1.42. The molecule has 3 N–H and O–H groups in total. The largest absolute Gasteiger partial charge is 0.471 e. The zero-order valence-electron chi connectivity index (χ0n) is 20.6. The van der Waals surface area contributed by atoms with E-state index < -0.39 is 30.4 Å². The fraction of sp³-hybridized carbons (Fsp3) is 0.407. The molecule has 5 rings (SSSR count). The van der Waals surface area contributed by atoms with Crippen LogP contribution in [0.3, 0.4) is 0 Å². The van der Waals surface area contributed by atoms with Gasteiger partial charge in [-0.15, -0.1) is 0 Å². The van der Waals surface area contributed by atoms with Gasteiger partial charge in [0, 0.05) is 25.2 Å². The Balaban J connectivity index is 1.25. The van der Waals surface area contributed by atoms with Gasteiger partial charge in [-0.1, -0.05) is 6.08 Å². The van der Waals surface area contributed by atoms with Crippen LogP contribution in [-0.4, -0.2) is 85.1 Å². The number of ether oxygens (including phenoxy) is 3. The van der Waals surface area contributed by atoms with Crippen molar-refractivity contribution in [1.29, 1.82) is 0 Å². The topological polar surface area (TPSA) is 113 Å². The molecule has 1 amide bonds. The van der Waals surface area contributed by atoms with Crippen molar-refractivity contribution < 1.29 is 38.0 Å². The molecule has 0 radical (unpaired) electrons. The van der Waals surface area contributed by atoms with Gasteiger partial charge in [0.15, 0.2) is 12.0 Å². The third-order valence-electron chi connectivity index (χ3n) is 7.03. The Morgan fingerprint density at radius 3 is 2.68 bits per heavy atom. The van der Waals surface area contributed by atoms with E-state index in [0.717, 1.165) is 11.3 Å². The van der Waals surface area contributed by atoms with Gasteiger partial charge < -0.3 is 34.6 Å². The molecule has 0 spiro atoms. The van der Waals surface area contributed by atoms with Crippen molar-refractivity contribution in [3.05, 3.63) is 70.8 Å². The van der Waals surface area contributed by atoms with Crippen LogP contribution in [0.25, 0.3) is 11.3 Å². The summed E-state index contributed by atoms with van der Waals surface area (Å²) < 4.78 is 47.3. The van der Waals surface area contributed by atoms with E-state index in [1.54, 1.807) is 12.2 Å². The molecule has 2 fully saturated rings. The number of allylic oxidation sites excluding steroid dienone is 3. The molecule has 0 aliphatic carbocycles. The second kappa shape index (κ2) is 11.2. The van der Waals surface area contributed by atoms with Crippen molar-refractivity contribution in [2.24, 2.45) is 4.99 Å². The van der Waals surface area contributed by atoms with Crippen LogP contribution in [0.2, 0.25) is 0 Å². The molecule has 1 unspecified atom stereocenters. The van der Waals surface area contributed by atoms with Crippen molar-refractivity contribution in [1.82, 2.24) is 10.2 Å². The minimum absolute atomic E-state index is 0.0351. The second-order valence-electron chi connectivity index (χ2n) is 9.41. The SMILES string of the molecule is C=N/C(=C\C=C1/CC=C(O[C@@H]2COC3[C@H](O)CO[C@@H]32)N1)c1c(F)cc(C2=CCN(C(=O)CO)CC2)cc1F. The molecule has 0 bridgehead atoms. The fourth-order valence-corrected chi connectivity index (χ4v) is 5.01. The average molecular weight is 530 g/mol. The monoisotopic (exact) mass is 529 g/mol. The third-order valence-corrected chi connectivity index (χ3v) is 7.03. The number of carbonyl (C=O) groups is 1. The van der Waals surface area contributed by atoms with Crippen LogP contribution in [0.4, 0.5) is 8.78 Å². The zero-order valence-corrected chi connectivity index (χ0v) is 20.6. The van der Waals surface area contributed by atoms with E-state index in [-0.39, 0.29) is 42.5 Å². The van der Waals surface area contributed by atoms with Crippen LogP contribution in [0.5, 0.6) is 0 Å². The lowest BCUT2D eigenvalue weighted by Crippen LogP contribution is -2.36. The van der Waals surface area contributed by atoms with Gasteiger partial charge in [0.05, 0.1) is 24.5 Å². The van der Waals surface area contributed by atoms with Crippen LogP contribution in [0, 0.1) is 11.6 Å². The molecular formula is C27H29F2N3O6. The summed E-state index contributed by atoms with van der Waals surface area (Å²) >= 11 is 0. The number of fused-ring (bicyclic) bond motifs is 1. The number of rotatable bonds is 7. The van der Waals surface area contributed by atoms with E-state index in [0.29, 0.717) is 37.4 Å². The first-order valence-electron chi connectivity index (χ1n) is 12.4. The Bertz CT molecular complexity index is 1220. The molecule has 4 aliphatic rings. The van der Waals surface area contributed by atoms with E-state index in [1.807, 2.05) is 6.08 Å². The molecule has 2 saturated heterocycles. The summed E-state index contributed by atoms with van der Waals surface area (Å²) in [6, 6.07) is 2.50. The van der Waals surface area contributed by atoms with Crippen molar-refractivity contribution >= 4 is 23.9 Å². The molecule has 0 aromatic heterocycles. The van der Waals surface area contributed by atoms with Gasteiger partial charge in [-0.2, -0.15) is 0 Å². The first-order valence-corrected chi connectivity index (χ1v) is 12.4. The highest BCUT2D eigenvalue weighted by atomic mass is 19.1. The first kappa shape index (κ1) is 26.2. The highest BCUT2D eigenvalue weighted by Crippen LogP contribution is 2.32. The normalized spacial score (nSPS) is 28.2. The fourth-order valence-electron chi connectivity index (χ4n) is 5.01. The molecule has 0 saturated carbocycles. The summed E-state index contributed by atoms with van der Waals surface area (Å²) in [4.78, 5) is 17.0. The van der Waals surface area contributed by atoms with E-state index in [2.05, 4.69) is 17.0 Å². The van der Waals surface area contributed by atoms with Crippen molar-refractivity contribution in [2.75, 3.05) is 32.9 Å². The number of nitrogens with zero attached hydrogens (tertiary/aromatic N) is 2. The van der Waals surface area contributed by atoms with Gasteiger partial charge in [-0.25, -0.2) is 8.78 Å². The van der Waals surface area contributed by atoms with Gasteiger partial charge in [-0.3, -0.25) is 9.79 Å². The molecule has 1 aromatic carbocycles. The standard InChI is InChI=1S/C27H29F2N3O6/c1-30-20(4-2-17-3-5-23(31-17)38-22-14-37-26-21(34)13-36-27(22)26)25-18(28)10-16(11-19(25)29)15-6-8-32(9-7-15)24(35)12-33/h2,4-6,10-11,21-22,26-27,31,33-34H,1,3,7-9,12-14H2/b17-2+,20-4-/t21-,22-,26?,27-/m1/s1. The van der Waals surface area contributed by atoms with Crippen LogP contribution >= 0.6 is 0 Å². The quantitative estimate of drug-likeness (QED) is 0.463. The summed E-state index contributed by atoms with van der Waals surface area (Å²) in [6.07, 6.45) is 5.90. The van der Waals surface area contributed by atoms with Gasteiger partial charge >= 0.3 is 0 Å². The molecule has 9 nitrogen and oxygen atoms in total. The van der Waals surface area contributed by atoms with Gasteiger partial charge in [-0.05, 0) is 54.6 Å². The van der Waals surface area contributed by atoms with Gasteiger partial charge in [0.1, 0.15) is 36.6 Å². The molecule has 202 valence electrons. The van der Waals surface area contributed by atoms with Crippen LogP contribution in [-0.2, 0) is 19.0 Å². The van der Waals surface area contributed by atoms with Crippen molar-refractivity contribution in [2.45, 2.75) is 37.3 Å². The summed E-state index contributed by atoms with van der Waals surface area (Å²) in [7, 11) is 0. The molecule has 38 heavy (non-hydrogen) atoms. The molecule has 11 heteroatoms. The number of aliphatic hydroxyl groups excluding tert-OH is 2. The summed E-state index contributed by atoms with van der Waals surface area (Å²) in [5, 5.41) is 22.0. The van der Waals surface area contributed by atoms with Crippen LogP contribution in [0.15, 0.2) is 53.0 Å². The summed E-state index contributed by atoms with van der Waals surface area (Å²) in [5.41, 5.74) is 1.59. The van der Waals surface area contributed by atoms with E-state index in [1.165, 1.54) is 23.1 Å². The zero-order chi connectivity index (χ0) is 26.8. The predicted octanol–water partition coefficient (Wildman–Crippen LogP) is 1.88. The molecule has 4 heterocycles. The molecule has 1 aromatic rings. The van der Waals surface area contributed by atoms with E-state index >= 15 is 8.78 Å². The number of nitrogens with one attached hydrogen (secondary N) is 1. The maximum atomic E-state index is 15.1. The highest BCUT2D eigenvalue weighted by Gasteiger charge is 2.48. The molecule has 4 aliphatic heterocycles. The first-order chi connectivity index (χ1) is 18.4. The van der Waals surface area contributed by atoms with E-state index in [9.17, 15) is 9.90 Å². The van der Waals surface area contributed by atoms with Crippen LogP contribution < -0.4 is 5.32 Å². The number of hydrogen-bond donors (Lipinski definition) is 3. The van der Waals surface area contributed by atoms with Crippen LogP contribution in [0.1, 0.15) is 24.0 Å².